The Labute approximate surface area is 112 Å². The van der Waals surface area contributed by atoms with Gasteiger partial charge in [0.15, 0.2) is 21.3 Å². The Morgan fingerprint density at radius 3 is 2.89 bits per heavy atom. The van der Waals surface area contributed by atoms with Gasteiger partial charge in [0.05, 0.1) is 11.0 Å². The number of sulfone groups is 1. The molecule has 2 aliphatic rings. The number of ether oxygens (including phenoxy) is 2. The molecule has 1 N–H and O–H groups in total. The van der Waals surface area contributed by atoms with Crippen LogP contribution < -0.4 is 14.8 Å². The topological polar surface area (TPSA) is 64.6 Å². The summed E-state index contributed by atoms with van der Waals surface area (Å²) in [6, 6.07) is 5.42. The third-order valence-corrected chi connectivity index (χ3v) is 6.01. The predicted octanol–water partition coefficient (Wildman–Crippen LogP) is 1.25. The maximum Gasteiger partial charge on any atom is 0.231 e. The minimum Gasteiger partial charge on any atom is -0.454 e. The smallest absolute Gasteiger partial charge is 0.231 e. The Balaban J connectivity index is 1.89. The van der Waals surface area contributed by atoms with Crippen molar-refractivity contribution in [1.82, 2.24) is 5.32 Å². The number of hydrogen-bond acceptors (Lipinski definition) is 5. The fraction of sp³-hybridized carbons (Fsp3) is 0.538. The van der Waals surface area contributed by atoms with E-state index < -0.39 is 9.84 Å². The van der Waals surface area contributed by atoms with Gasteiger partial charge in [-0.25, -0.2) is 8.42 Å². The maximum atomic E-state index is 12.1. The first-order valence-electron chi connectivity index (χ1n) is 6.41. The van der Waals surface area contributed by atoms with Gasteiger partial charge in [-0.05, 0) is 37.6 Å². The van der Waals surface area contributed by atoms with Crippen LogP contribution >= 0.6 is 0 Å². The maximum absolute atomic E-state index is 12.1. The second kappa shape index (κ2) is 4.68. The molecule has 104 valence electrons. The van der Waals surface area contributed by atoms with Crippen LogP contribution in [0.1, 0.15) is 24.9 Å². The Bertz CT molecular complexity index is 584. The molecule has 0 saturated carbocycles. The normalized spacial score (nSPS) is 28.9. The van der Waals surface area contributed by atoms with E-state index in [0.29, 0.717) is 24.5 Å². The summed E-state index contributed by atoms with van der Waals surface area (Å²) in [7, 11) is -3.04. The van der Waals surface area contributed by atoms with E-state index in [9.17, 15) is 8.42 Å². The molecule has 2 aliphatic heterocycles. The summed E-state index contributed by atoms with van der Waals surface area (Å²) in [5, 5.41) is 3.02. The summed E-state index contributed by atoms with van der Waals surface area (Å²) >= 11 is 0. The molecule has 1 saturated heterocycles. The standard InChI is InChI=1S/C13H17NO4S/c1-9-4-5-14-11(7-19(9,15)16)10-2-3-12-13(6-10)18-8-17-12/h2-3,6,9,11,14H,4-5,7-8H2,1H3. The second-order valence-corrected chi connectivity index (χ2v) is 7.51. The Hall–Kier alpha value is -1.27. The molecule has 0 radical (unpaired) electrons. The first-order chi connectivity index (χ1) is 9.06. The zero-order valence-electron chi connectivity index (χ0n) is 10.8. The lowest BCUT2D eigenvalue weighted by atomic mass is 10.1. The van der Waals surface area contributed by atoms with Crippen molar-refractivity contribution in [3.05, 3.63) is 23.8 Å². The summed E-state index contributed by atoms with van der Waals surface area (Å²) in [4.78, 5) is 0. The van der Waals surface area contributed by atoms with Crippen LogP contribution in [0.3, 0.4) is 0 Å². The number of rotatable bonds is 1. The molecule has 2 heterocycles. The van der Waals surface area contributed by atoms with Gasteiger partial charge in [-0.15, -0.1) is 0 Å². The Morgan fingerprint density at radius 1 is 1.26 bits per heavy atom. The molecule has 0 aromatic heterocycles. The first-order valence-corrected chi connectivity index (χ1v) is 8.12. The molecule has 2 atom stereocenters. The van der Waals surface area contributed by atoms with Crippen LogP contribution in [0, 0.1) is 0 Å². The molecule has 3 rings (SSSR count). The van der Waals surface area contributed by atoms with Gasteiger partial charge in [0, 0.05) is 6.04 Å². The van der Waals surface area contributed by atoms with E-state index in [1.807, 2.05) is 18.2 Å². The van der Waals surface area contributed by atoms with Crippen LogP contribution in [0.15, 0.2) is 18.2 Å². The number of nitrogens with one attached hydrogen (secondary N) is 1. The SMILES string of the molecule is CC1CCNC(c2ccc3c(c2)OCO3)CS1(=O)=O. The largest absolute Gasteiger partial charge is 0.454 e. The van der Waals surface area contributed by atoms with Crippen molar-refractivity contribution in [2.45, 2.75) is 24.6 Å². The molecular weight excluding hydrogens is 266 g/mol. The van der Waals surface area contributed by atoms with Gasteiger partial charge in [0.25, 0.3) is 0 Å². The van der Waals surface area contributed by atoms with Crippen LogP contribution in [-0.2, 0) is 9.84 Å². The molecule has 6 heteroatoms. The molecule has 0 spiro atoms. The summed E-state index contributed by atoms with van der Waals surface area (Å²) < 4.78 is 34.8. The van der Waals surface area contributed by atoms with Crippen molar-refractivity contribution >= 4 is 9.84 Å². The summed E-state index contributed by atoms with van der Waals surface area (Å²) in [6.07, 6.45) is 0.656. The van der Waals surface area contributed by atoms with E-state index in [0.717, 1.165) is 5.56 Å². The van der Waals surface area contributed by atoms with Crippen molar-refractivity contribution < 1.29 is 17.9 Å². The molecule has 1 aromatic rings. The second-order valence-electron chi connectivity index (χ2n) is 5.05. The van der Waals surface area contributed by atoms with Crippen molar-refractivity contribution in [3.63, 3.8) is 0 Å². The highest BCUT2D eigenvalue weighted by atomic mass is 32.2. The zero-order valence-corrected chi connectivity index (χ0v) is 11.6. The van der Waals surface area contributed by atoms with Gasteiger partial charge in [-0.2, -0.15) is 0 Å². The first kappa shape index (κ1) is 12.7. The van der Waals surface area contributed by atoms with Crippen LogP contribution in [-0.4, -0.2) is 32.8 Å². The van der Waals surface area contributed by atoms with E-state index in [1.54, 1.807) is 6.92 Å². The van der Waals surface area contributed by atoms with E-state index >= 15 is 0 Å². The average molecular weight is 283 g/mol. The number of benzene rings is 1. The summed E-state index contributed by atoms with van der Waals surface area (Å²) in [6.45, 7) is 2.71. The average Bonchev–Trinajstić information content (AvgIpc) is 2.79. The van der Waals surface area contributed by atoms with Crippen LogP contribution in [0.2, 0.25) is 0 Å². The minimum atomic E-state index is -3.04. The van der Waals surface area contributed by atoms with Crippen molar-refractivity contribution in [2.75, 3.05) is 19.1 Å². The lowest BCUT2D eigenvalue weighted by Gasteiger charge is -2.16. The molecular formula is C13H17NO4S. The van der Waals surface area contributed by atoms with Gasteiger partial charge in [-0.3, -0.25) is 0 Å². The van der Waals surface area contributed by atoms with E-state index in [-0.39, 0.29) is 23.8 Å². The van der Waals surface area contributed by atoms with Crippen LogP contribution in [0.5, 0.6) is 11.5 Å². The van der Waals surface area contributed by atoms with Crippen molar-refractivity contribution in [3.8, 4) is 11.5 Å². The molecule has 1 fully saturated rings. The highest BCUT2D eigenvalue weighted by molar-refractivity contribution is 7.92. The minimum absolute atomic E-state index is 0.133. The Morgan fingerprint density at radius 2 is 2.05 bits per heavy atom. The van der Waals surface area contributed by atoms with Gasteiger partial charge in [-0.1, -0.05) is 6.07 Å². The number of hydrogen-bond donors (Lipinski definition) is 1. The fourth-order valence-corrected chi connectivity index (χ4v) is 4.02. The fourth-order valence-electron chi connectivity index (χ4n) is 2.44. The molecule has 0 amide bonds. The molecule has 0 aliphatic carbocycles. The lowest BCUT2D eigenvalue weighted by molar-refractivity contribution is 0.174. The van der Waals surface area contributed by atoms with Crippen LogP contribution in [0.25, 0.3) is 0 Å². The summed E-state index contributed by atoms with van der Waals surface area (Å²) in [5.74, 6) is 1.54. The summed E-state index contributed by atoms with van der Waals surface area (Å²) in [5.41, 5.74) is 0.932. The predicted molar refractivity (Wildman–Crippen MR) is 71.2 cm³/mol. The van der Waals surface area contributed by atoms with Gasteiger partial charge in [0.2, 0.25) is 6.79 Å². The van der Waals surface area contributed by atoms with Gasteiger partial charge in [0.1, 0.15) is 0 Å². The molecule has 19 heavy (non-hydrogen) atoms. The molecule has 5 nitrogen and oxygen atoms in total. The third kappa shape index (κ3) is 2.42. The van der Waals surface area contributed by atoms with Crippen LogP contribution in [0.4, 0.5) is 0 Å². The highest BCUT2D eigenvalue weighted by Gasteiger charge is 2.30. The quantitative estimate of drug-likeness (QED) is 0.840. The van der Waals surface area contributed by atoms with Crippen molar-refractivity contribution in [1.29, 1.82) is 0 Å². The van der Waals surface area contributed by atoms with Gasteiger partial charge < -0.3 is 14.8 Å². The van der Waals surface area contributed by atoms with E-state index in [4.69, 9.17) is 9.47 Å². The molecule has 0 bridgehead atoms. The molecule has 2 unspecified atom stereocenters. The number of fused-ring (bicyclic) bond motifs is 1. The van der Waals surface area contributed by atoms with Gasteiger partial charge >= 0.3 is 0 Å². The highest BCUT2D eigenvalue weighted by Crippen LogP contribution is 2.35. The molecule has 1 aromatic carbocycles. The Kier molecular flexibility index (Phi) is 3.14. The van der Waals surface area contributed by atoms with E-state index in [2.05, 4.69) is 5.32 Å². The third-order valence-electron chi connectivity index (χ3n) is 3.75. The van der Waals surface area contributed by atoms with Crippen molar-refractivity contribution in [2.24, 2.45) is 0 Å². The monoisotopic (exact) mass is 283 g/mol. The lowest BCUT2D eigenvalue weighted by Crippen LogP contribution is -2.26. The zero-order chi connectivity index (χ0) is 13.5. The van der Waals surface area contributed by atoms with E-state index in [1.165, 1.54) is 0 Å².